The minimum absolute atomic E-state index is 0.100. The highest BCUT2D eigenvalue weighted by atomic mass is 16.5. The van der Waals surface area contributed by atoms with Gasteiger partial charge >= 0.3 is 5.97 Å². The van der Waals surface area contributed by atoms with Gasteiger partial charge in [0.25, 0.3) is 0 Å². The lowest BCUT2D eigenvalue weighted by Gasteiger charge is -2.34. The van der Waals surface area contributed by atoms with Crippen LogP contribution in [-0.4, -0.2) is 43.2 Å². The van der Waals surface area contributed by atoms with Crippen molar-refractivity contribution in [1.29, 1.82) is 0 Å². The number of esters is 1. The number of piperidine rings is 1. The Kier molecular flexibility index (Phi) is 5.49. The predicted molar refractivity (Wildman–Crippen MR) is 64.0 cm³/mol. The second-order valence-corrected chi connectivity index (χ2v) is 4.19. The fourth-order valence-electron chi connectivity index (χ4n) is 2.04. The molecule has 92 valence electrons. The summed E-state index contributed by atoms with van der Waals surface area (Å²) >= 11 is 0. The summed E-state index contributed by atoms with van der Waals surface area (Å²) in [5.41, 5.74) is 6.50. The molecule has 1 aliphatic heterocycles. The Labute approximate surface area is 97.4 Å². The number of hydrogen-bond donors (Lipinski definition) is 1. The molecule has 1 rings (SSSR count). The molecule has 4 nitrogen and oxygen atoms in total. The maximum atomic E-state index is 11.8. The lowest BCUT2D eigenvalue weighted by molar-refractivity contribution is -0.150. The first-order chi connectivity index (χ1) is 7.69. The van der Waals surface area contributed by atoms with E-state index in [2.05, 4.69) is 11.5 Å². The van der Waals surface area contributed by atoms with Gasteiger partial charge in [0.15, 0.2) is 0 Å². The Bertz CT molecular complexity index is 253. The van der Waals surface area contributed by atoms with Crippen LogP contribution in [0.5, 0.6) is 0 Å². The van der Waals surface area contributed by atoms with Crippen LogP contribution in [0.4, 0.5) is 0 Å². The molecule has 4 heteroatoms. The Morgan fingerprint density at radius 3 is 2.94 bits per heavy atom. The van der Waals surface area contributed by atoms with Crippen molar-refractivity contribution in [2.24, 2.45) is 5.73 Å². The van der Waals surface area contributed by atoms with E-state index in [1.165, 1.54) is 0 Å². The van der Waals surface area contributed by atoms with Gasteiger partial charge in [-0.25, -0.2) is 0 Å². The molecule has 0 bridgehead atoms. The van der Waals surface area contributed by atoms with Gasteiger partial charge < -0.3 is 10.5 Å². The second-order valence-electron chi connectivity index (χ2n) is 4.19. The zero-order valence-electron chi connectivity index (χ0n) is 10.1. The molecule has 1 heterocycles. The van der Waals surface area contributed by atoms with Crippen molar-refractivity contribution in [3.63, 3.8) is 0 Å². The average Bonchev–Trinajstić information content (AvgIpc) is 2.30. The third-order valence-electron chi connectivity index (χ3n) is 2.89. The predicted octanol–water partition coefficient (Wildman–Crippen LogP) is 0.919. The van der Waals surface area contributed by atoms with Crippen LogP contribution >= 0.6 is 0 Å². The largest absolute Gasteiger partial charge is 0.465 e. The Morgan fingerprint density at radius 2 is 2.31 bits per heavy atom. The molecule has 0 amide bonds. The third kappa shape index (κ3) is 3.61. The molecule has 1 fully saturated rings. The van der Waals surface area contributed by atoms with Crippen LogP contribution in [0.15, 0.2) is 12.2 Å². The van der Waals surface area contributed by atoms with Gasteiger partial charge in [0, 0.05) is 13.1 Å². The van der Waals surface area contributed by atoms with Crippen molar-refractivity contribution in [2.75, 3.05) is 26.2 Å². The summed E-state index contributed by atoms with van der Waals surface area (Å²) in [6.07, 6.45) is 3.11. The smallest absolute Gasteiger partial charge is 0.323 e. The van der Waals surface area contributed by atoms with E-state index in [-0.39, 0.29) is 12.0 Å². The number of likely N-dealkylation sites (tertiary alicyclic amines) is 1. The topological polar surface area (TPSA) is 55.6 Å². The molecular formula is C12H22N2O2. The van der Waals surface area contributed by atoms with Crippen LogP contribution in [0.25, 0.3) is 0 Å². The van der Waals surface area contributed by atoms with Crippen molar-refractivity contribution < 1.29 is 9.53 Å². The minimum atomic E-state index is -0.105. The number of ether oxygens (including phenoxy) is 1. The first-order valence-corrected chi connectivity index (χ1v) is 5.96. The van der Waals surface area contributed by atoms with Gasteiger partial charge in [0.2, 0.25) is 0 Å². The zero-order valence-corrected chi connectivity index (χ0v) is 10.1. The minimum Gasteiger partial charge on any atom is -0.465 e. The molecule has 0 aromatic carbocycles. The van der Waals surface area contributed by atoms with Crippen LogP contribution in [-0.2, 0) is 9.53 Å². The van der Waals surface area contributed by atoms with E-state index >= 15 is 0 Å². The van der Waals surface area contributed by atoms with Gasteiger partial charge in [-0.3, -0.25) is 9.69 Å². The van der Waals surface area contributed by atoms with Crippen LogP contribution in [0.2, 0.25) is 0 Å². The third-order valence-corrected chi connectivity index (χ3v) is 2.89. The van der Waals surface area contributed by atoms with E-state index in [1.807, 2.05) is 6.92 Å². The van der Waals surface area contributed by atoms with Crippen molar-refractivity contribution in [1.82, 2.24) is 4.90 Å². The number of hydrogen-bond acceptors (Lipinski definition) is 4. The molecular weight excluding hydrogens is 204 g/mol. The first-order valence-electron chi connectivity index (χ1n) is 5.96. The van der Waals surface area contributed by atoms with Crippen LogP contribution in [0.1, 0.15) is 26.2 Å². The number of nitrogens with zero attached hydrogens (tertiary/aromatic N) is 1. The monoisotopic (exact) mass is 226 g/mol. The van der Waals surface area contributed by atoms with E-state index < -0.39 is 0 Å². The van der Waals surface area contributed by atoms with Crippen LogP contribution in [0.3, 0.4) is 0 Å². The fourth-order valence-corrected chi connectivity index (χ4v) is 2.04. The Hall–Kier alpha value is -0.870. The van der Waals surface area contributed by atoms with Crippen molar-refractivity contribution in [2.45, 2.75) is 32.2 Å². The average molecular weight is 226 g/mol. The normalized spacial score (nSPS) is 21.8. The maximum absolute atomic E-state index is 11.8. The lowest BCUT2D eigenvalue weighted by atomic mass is 10.0. The maximum Gasteiger partial charge on any atom is 0.323 e. The molecule has 1 unspecified atom stereocenters. The highest BCUT2D eigenvalue weighted by Crippen LogP contribution is 2.18. The Morgan fingerprint density at radius 1 is 1.56 bits per heavy atom. The van der Waals surface area contributed by atoms with E-state index in [0.717, 1.165) is 31.4 Å². The van der Waals surface area contributed by atoms with E-state index in [9.17, 15) is 4.79 Å². The molecule has 1 saturated heterocycles. The first kappa shape index (κ1) is 13.2. The highest BCUT2D eigenvalue weighted by Gasteiger charge is 2.29. The van der Waals surface area contributed by atoms with Gasteiger partial charge in [0.05, 0.1) is 6.61 Å². The molecule has 16 heavy (non-hydrogen) atoms. The van der Waals surface area contributed by atoms with Crippen molar-refractivity contribution >= 4 is 5.97 Å². The molecule has 1 aliphatic rings. The van der Waals surface area contributed by atoms with Crippen molar-refractivity contribution in [3.05, 3.63) is 12.2 Å². The van der Waals surface area contributed by atoms with E-state index in [0.29, 0.717) is 19.7 Å². The fraction of sp³-hybridized carbons (Fsp3) is 0.750. The van der Waals surface area contributed by atoms with Gasteiger partial charge in [-0.15, -0.1) is 0 Å². The lowest BCUT2D eigenvalue weighted by Crippen LogP contribution is -2.46. The summed E-state index contributed by atoms with van der Waals surface area (Å²) in [7, 11) is 0. The molecule has 0 aliphatic carbocycles. The molecule has 0 aromatic rings. The Balaban J connectivity index is 2.56. The molecule has 2 N–H and O–H groups in total. The molecule has 0 saturated carbocycles. The van der Waals surface area contributed by atoms with Gasteiger partial charge in [-0.2, -0.15) is 0 Å². The summed E-state index contributed by atoms with van der Waals surface area (Å²) < 4.78 is 5.09. The standard InChI is InChI=1S/C12H22N2O2/c1-3-16-12(15)11-6-4-5-7-14(11)9-10(2)8-13/h11H,2-9,13H2,1H3. The second kappa shape index (κ2) is 6.66. The van der Waals surface area contributed by atoms with Gasteiger partial charge in [-0.1, -0.05) is 13.0 Å². The van der Waals surface area contributed by atoms with Gasteiger partial charge in [-0.05, 0) is 31.9 Å². The van der Waals surface area contributed by atoms with Crippen LogP contribution < -0.4 is 5.73 Å². The molecule has 0 aromatic heterocycles. The summed E-state index contributed by atoms with van der Waals surface area (Å²) in [5.74, 6) is -0.105. The highest BCUT2D eigenvalue weighted by molar-refractivity contribution is 5.75. The number of carbonyl (C=O) groups excluding carboxylic acids is 1. The summed E-state index contributed by atoms with van der Waals surface area (Å²) in [6.45, 7) is 8.29. The molecule has 1 atom stereocenters. The molecule has 0 radical (unpaired) electrons. The quantitative estimate of drug-likeness (QED) is 0.559. The van der Waals surface area contributed by atoms with Crippen LogP contribution in [0, 0.1) is 0 Å². The number of nitrogens with two attached hydrogens (primary N) is 1. The van der Waals surface area contributed by atoms with E-state index in [4.69, 9.17) is 10.5 Å². The zero-order chi connectivity index (χ0) is 12.0. The van der Waals surface area contributed by atoms with Gasteiger partial charge in [0.1, 0.15) is 6.04 Å². The summed E-state index contributed by atoms with van der Waals surface area (Å²) in [6, 6.07) is -0.100. The summed E-state index contributed by atoms with van der Waals surface area (Å²) in [5, 5.41) is 0. The van der Waals surface area contributed by atoms with Crippen molar-refractivity contribution in [3.8, 4) is 0 Å². The van der Waals surface area contributed by atoms with E-state index in [1.54, 1.807) is 0 Å². The summed E-state index contributed by atoms with van der Waals surface area (Å²) in [4.78, 5) is 13.9. The number of carbonyl (C=O) groups is 1. The SMILES string of the molecule is C=C(CN)CN1CCCCC1C(=O)OCC. The molecule has 0 spiro atoms. The number of rotatable bonds is 5.